The Hall–Kier alpha value is -5.64. The average Bonchev–Trinajstić information content (AvgIpc) is 4.08. The predicted molar refractivity (Wildman–Crippen MR) is 238 cm³/mol. The molecule has 8 atom stereocenters. The normalized spacial score (nSPS) is 23.8. The van der Waals surface area contributed by atoms with Crippen molar-refractivity contribution in [2.45, 2.75) is 136 Å². The Bertz CT molecular complexity index is 2620. The highest BCUT2D eigenvalue weighted by atomic mass is 19.1. The number of H-pyrrole nitrogens is 2. The number of amides is 3. The van der Waals surface area contributed by atoms with Gasteiger partial charge in [-0.25, -0.2) is 8.78 Å². The molecule has 0 aliphatic carbocycles. The third kappa shape index (κ3) is 10.5. The minimum Gasteiger partial charge on any atom is -0.461 e. The molecular formula is C48H62F2N6O8. The van der Waals surface area contributed by atoms with Gasteiger partial charge in [0.2, 0.25) is 17.7 Å². The second-order valence-electron chi connectivity index (χ2n) is 16.6. The monoisotopic (exact) mass is 899 g/mol. The van der Waals surface area contributed by atoms with Gasteiger partial charge in [0.1, 0.15) is 35.7 Å². The van der Waals surface area contributed by atoms with Gasteiger partial charge in [0.05, 0.1) is 30.5 Å². The molecule has 2 saturated heterocycles. The van der Waals surface area contributed by atoms with E-state index >= 15 is 8.78 Å². The fraction of sp³-hybridized carbons (Fsp3) is 0.542. The summed E-state index contributed by atoms with van der Waals surface area (Å²) in [6, 6.07) is 1.32. The number of ether oxygens (including phenoxy) is 2. The number of Topliss-reactive ketones (excluding diaryl/α,β-unsaturated/α-hetero) is 1. The third-order valence-corrected chi connectivity index (χ3v) is 11.9. The Morgan fingerprint density at radius 2 is 1.31 bits per heavy atom. The summed E-state index contributed by atoms with van der Waals surface area (Å²) in [6.07, 6.45) is -9.11. The molecule has 14 nitrogen and oxygen atoms in total. The van der Waals surface area contributed by atoms with Crippen LogP contribution in [-0.2, 0) is 51.0 Å². The van der Waals surface area contributed by atoms with E-state index < -0.39 is 135 Å². The number of likely N-dealkylation sites (N-methyl/N-ethyl adjacent to an activating group) is 1. The van der Waals surface area contributed by atoms with Gasteiger partial charge < -0.3 is 39.9 Å². The number of likely N-dealkylation sites (tertiary alicyclic amines) is 2. The van der Waals surface area contributed by atoms with Crippen LogP contribution >= 0.6 is 0 Å². The van der Waals surface area contributed by atoms with Crippen molar-refractivity contribution in [2.24, 2.45) is 11.8 Å². The predicted octanol–water partition coefficient (Wildman–Crippen LogP) is 6.28. The number of ketones is 1. The van der Waals surface area contributed by atoms with Crippen LogP contribution in [0, 0.1) is 23.5 Å². The summed E-state index contributed by atoms with van der Waals surface area (Å²) in [4.78, 5) is 89.2. The molecule has 0 saturated carbocycles. The lowest BCUT2D eigenvalue weighted by molar-refractivity contribution is -0.147. The van der Waals surface area contributed by atoms with E-state index in [2.05, 4.69) is 20.6 Å². The zero-order valence-corrected chi connectivity index (χ0v) is 36.7. The summed E-state index contributed by atoms with van der Waals surface area (Å²) in [5, 5.41) is 4.96. The number of nitrogens with one attached hydrogen (secondary N) is 4. The van der Waals surface area contributed by atoms with Gasteiger partial charge in [-0.1, -0.05) is 27.6 Å². The van der Waals surface area contributed by atoms with Crippen molar-refractivity contribution in [3.63, 3.8) is 0 Å². The average molecular weight is 899 g/mol. The number of aromatic amines is 2. The molecular weight excluding hydrogens is 827 g/mol. The first-order valence-corrected chi connectivity index (χ1v) is 21.5. The van der Waals surface area contributed by atoms with E-state index in [0.717, 1.165) is 47.9 Å². The topological polar surface area (TPSA) is 183 Å². The molecule has 3 amide bonds. The van der Waals surface area contributed by atoms with E-state index in [1.54, 1.807) is 13.8 Å². The summed E-state index contributed by atoms with van der Waals surface area (Å²) in [6.45, 7) is 2.39. The van der Waals surface area contributed by atoms with Crippen LogP contribution in [0.25, 0.3) is 33.2 Å². The summed E-state index contributed by atoms with van der Waals surface area (Å²) < 4.78 is 127. The van der Waals surface area contributed by atoms with Crippen molar-refractivity contribution in [1.82, 2.24) is 30.4 Å². The standard InChI is InChI=1S/C48H62F2N6O8/c1-9-25(4)46(60)54-40(11-3)48(62)56-24-35(64-28(7)58)20-33(56)22-39-37-15-13-31(50)18-42(37)53-45(39)44-38(36-14-12-30(49)17-41(36)52-44)21-32-19-34(63-27(6)57)23-55(32)47(61)29(10-2)16-43(59)26(5)51-8/h12-15,17-18,25-26,29,32-35,40,51-53H,9-11,16,19-24H2,1-8H3,(H,54,60)/t25-,26+,29-,32+,33+,34+,35?,40+/m1/s1/i1D3,8D3,21D2,22D2. The van der Waals surface area contributed by atoms with Crippen LogP contribution in [0.4, 0.5) is 8.78 Å². The SMILES string of the molecule is [2H]C([2H])([2H])C[C@@H](C)C(=O)N[C@@H](CC)C(=O)N1CC(OC(C)=O)C[C@H]1C([2H])([2H])c1c(-c2[nH]c3cc(F)ccc3c2C([2H])([2H])[C@@H]2C[C@H](OC(C)=O)CN2C(=O)[C@H](CC)CC(=O)[C@H](C)NC([2H])([2H])[2H])[nH]c2cc(F)ccc12. The maximum atomic E-state index is 15.2. The molecule has 0 radical (unpaired) electrons. The molecule has 4 N–H and O–H groups in total. The van der Waals surface area contributed by atoms with Crippen molar-refractivity contribution in [3.8, 4) is 11.4 Å². The van der Waals surface area contributed by atoms with Crippen molar-refractivity contribution in [2.75, 3.05) is 20.1 Å². The highest BCUT2D eigenvalue weighted by Crippen LogP contribution is 2.40. The highest BCUT2D eigenvalue weighted by Gasteiger charge is 2.43. The van der Waals surface area contributed by atoms with Gasteiger partial charge >= 0.3 is 11.9 Å². The molecule has 346 valence electrons. The van der Waals surface area contributed by atoms with Gasteiger partial charge in [0.15, 0.2) is 0 Å². The molecule has 2 aliphatic heterocycles. The number of hydrogen-bond acceptors (Lipinski definition) is 9. The number of carbonyl (C=O) groups is 6. The van der Waals surface area contributed by atoms with Crippen LogP contribution in [0.15, 0.2) is 36.4 Å². The Morgan fingerprint density at radius 1 is 0.797 bits per heavy atom. The molecule has 16 heteroatoms. The second kappa shape index (κ2) is 20.5. The van der Waals surface area contributed by atoms with Crippen LogP contribution in [0.5, 0.6) is 0 Å². The van der Waals surface area contributed by atoms with Crippen LogP contribution < -0.4 is 10.6 Å². The van der Waals surface area contributed by atoms with Crippen molar-refractivity contribution < 1.29 is 60.7 Å². The lowest BCUT2D eigenvalue weighted by Gasteiger charge is -2.29. The Morgan fingerprint density at radius 3 is 1.77 bits per heavy atom. The Labute approximate surface area is 386 Å². The summed E-state index contributed by atoms with van der Waals surface area (Å²) in [7, 11) is 0. The first-order chi connectivity index (χ1) is 34.3. The first-order valence-electron chi connectivity index (χ1n) is 26.5. The van der Waals surface area contributed by atoms with E-state index in [4.69, 9.17) is 17.7 Å². The molecule has 6 rings (SSSR count). The maximum Gasteiger partial charge on any atom is 0.302 e. The van der Waals surface area contributed by atoms with Gasteiger partial charge in [0.25, 0.3) is 0 Å². The number of fused-ring (bicyclic) bond motifs is 2. The number of benzene rings is 2. The number of hydrogen-bond donors (Lipinski definition) is 4. The van der Waals surface area contributed by atoms with Crippen LogP contribution in [0.1, 0.15) is 112 Å². The molecule has 0 bridgehead atoms. The number of esters is 2. The molecule has 2 aliphatic rings. The Kier molecular flexibility index (Phi) is 11.4. The van der Waals surface area contributed by atoms with Crippen LogP contribution in [0.3, 0.4) is 0 Å². The molecule has 4 heterocycles. The molecule has 4 aromatic rings. The fourth-order valence-corrected chi connectivity index (χ4v) is 8.43. The molecule has 2 aromatic heterocycles. The van der Waals surface area contributed by atoms with Crippen molar-refractivity contribution in [3.05, 3.63) is 59.2 Å². The van der Waals surface area contributed by atoms with E-state index in [9.17, 15) is 34.3 Å². The number of rotatable bonds is 18. The third-order valence-electron chi connectivity index (χ3n) is 11.9. The van der Waals surface area contributed by atoms with E-state index in [1.165, 1.54) is 26.0 Å². The summed E-state index contributed by atoms with van der Waals surface area (Å²) in [5.74, 6) is -7.97. The molecule has 64 heavy (non-hydrogen) atoms. The van der Waals surface area contributed by atoms with Gasteiger partial charge in [0, 0.05) is 92.5 Å². The number of carbonyl (C=O) groups excluding carboxylic acids is 6. The fourth-order valence-electron chi connectivity index (χ4n) is 8.43. The largest absolute Gasteiger partial charge is 0.461 e. The minimum atomic E-state index is -2.75. The van der Waals surface area contributed by atoms with E-state index in [-0.39, 0.29) is 83.1 Å². The summed E-state index contributed by atoms with van der Waals surface area (Å²) >= 11 is 0. The number of nitrogens with zero attached hydrogens (tertiary/aromatic N) is 2. The second-order valence-corrected chi connectivity index (χ2v) is 16.6. The van der Waals surface area contributed by atoms with Gasteiger partial charge in [-0.15, -0.1) is 0 Å². The maximum absolute atomic E-state index is 15.2. The Balaban J connectivity index is 1.52. The van der Waals surface area contributed by atoms with Crippen LogP contribution in [0.2, 0.25) is 0 Å². The highest BCUT2D eigenvalue weighted by molar-refractivity contribution is 5.97. The quantitative estimate of drug-likeness (QED) is 0.0836. The zero-order chi connectivity index (χ0) is 55.2. The lowest BCUT2D eigenvalue weighted by atomic mass is 9.93. The number of aromatic nitrogens is 2. The molecule has 2 aromatic carbocycles. The van der Waals surface area contributed by atoms with Crippen molar-refractivity contribution >= 4 is 57.2 Å². The molecule has 0 spiro atoms. The lowest BCUT2D eigenvalue weighted by Crippen LogP contribution is -2.51. The van der Waals surface area contributed by atoms with Gasteiger partial charge in [-0.2, -0.15) is 0 Å². The van der Waals surface area contributed by atoms with E-state index in [1.807, 2.05) is 0 Å². The summed E-state index contributed by atoms with van der Waals surface area (Å²) in [5.41, 5.74) is -0.830. The van der Waals surface area contributed by atoms with Crippen LogP contribution in [-0.4, -0.2) is 112 Å². The van der Waals surface area contributed by atoms with Crippen molar-refractivity contribution in [1.29, 1.82) is 0 Å². The van der Waals surface area contributed by atoms with Gasteiger partial charge in [-0.05, 0) is 93.4 Å². The molecule has 2 fully saturated rings. The minimum absolute atomic E-state index is 0.00910. The van der Waals surface area contributed by atoms with E-state index in [0.29, 0.717) is 0 Å². The van der Waals surface area contributed by atoms with Gasteiger partial charge in [-0.3, -0.25) is 28.8 Å². The first kappa shape index (κ1) is 35.7. The number of halogens is 2. The smallest absolute Gasteiger partial charge is 0.302 e. The molecule has 1 unspecified atom stereocenters. The zero-order valence-electron chi connectivity index (χ0n) is 46.7.